The van der Waals surface area contributed by atoms with Crippen LogP contribution in [-0.2, 0) is 21.2 Å². The molecule has 0 saturated carbocycles. The van der Waals surface area contributed by atoms with Crippen molar-refractivity contribution in [2.24, 2.45) is 10.3 Å². The number of anilines is 1. The molecule has 3 rings (SSSR count). The summed E-state index contributed by atoms with van der Waals surface area (Å²) < 4.78 is 39.0. The molecule has 0 saturated heterocycles. The fourth-order valence-electron chi connectivity index (χ4n) is 3.43. The smallest absolute Gasteiger partial charge is 0.286 e. The van der Waals surface area contributed by atoms with E-state index in [2.05, 4.69) is 15.0 Å². The Morgan fingerprint density at radius 2 is 1.87 bits per heavy atom. The lowest BCUT2D eigenvalue weighted by Gasteiger charge is -2.20. The zero-order chi connectivity index (χ0) is 22.4. The molecule has 0 spiro atoms. The van der Waals surface area contributed by atoms with Gasteiger partial charge in [0, 0.05) is 19.4 Å². The van der Waals surface area contributed by atoms with Crippen LogP contribution in [0.1, 0.15) is 25.3 Å². The van der Waals surface area contributed by atoms with Gasteiger partial charge >= 0.3 is 0 Å². The number of amidine groups is 1. The van der Waals surface area contributed by atoms with E-state index >= 15 is 0 Å². The number of nitrogens with zero attached hydrogens (tertiary/aromatic N) is 1. The molecule has 0 aliphatic carbocycles. The van der Waals surface area contributed by atoms with Crippen molar-refractivity contribution in [1.82, 2.24) is 5.32 Å². The monoisotopic (exact) mass is 445 g/mol. The molecule has 1 aliphatic heterocycles. The number of amides is 1. The zero-order valence-corrected chi connectivity index (χ0v) is 18.7. The van der Waals surface area contributed by atoms with E-state index in [0.29, 0.717) is 42.4 Å². The first-order chi connectivity index (χ1) is 14.8. The highest BCUT2D eigenvalue weighted by molar-refractivity contribution is 7.90. The molecule has 0 fully saturated rings. The molecule has 2 aromatic carbocycles. The van der Waals surface area contributed by atoms with Crippen LogP contribution >= 0.6 is 0 Å². The van der Waals surface area contributed by atoms with Crippen molar-refractivity contribution < 1.29 is 22.7 Å². The summed E-state index contributed by atoms with van der Waals surface area (Å²) in [6.07, 6.45) is 1.29. The first-order valence-corrected chi connectivity index (χ1v) is 11.4. The number of carbonyl (C=O) groups is 1. The van der Waals surface area contributed by atoms with Crippen LogP contribution in [0.15, 0.2) is 51.8 Å². The van der Waals surface area contributed by atoms with Gasteiger partial charge in [0.1, 0.15) is 10.7 Å². The quantitative estimate of drug-likeness (QED) is 0.615. The minimum atomic E-state index is -3.72. The minimum Gasteiger partial charge on any atom is -0.493 e. The fraction of sp³-hybridized carbons (Fsp3) is 0.364. The number of para-hydroxylation sites is 1. The summed E-state index contributed by atoms with van der Waals surface area (Å²) in [5.74, 6) is 1.50. The van der Waals surface area contributed by atoms with Gasteiger partial charge in [-0.1, -0.05) is 25.1 Å². The average Bonchev–Trinajstić information content (AvgIpc) is 2.73. The molecule has 9 heteroatoms. The topological polar surface area (TPSA) is 106 Å². The highest BCUT2D eigenvalue weighted by atomic mass is 32.2. The number of methoxy groups -OCH3 is 2. The van der Waals surface area contributed by atoms with Crippen LogP contribution in [0.4, 0.5) is 5.69 Å². The molecule has 0 bridgehead atoms. The van der Waals surface area contributed by atoms with Gasteiger partial charge < -0.3 is 20.1 Å². The SMILES string of the molecule is COc1ccc(CCNC(=O)C[C@H](C)CC2=NS(=O)(=O)c3ccccc3N2)cc1OC. The molecule has 2 N–H and O–H groups in total. The predicted molar refractivity (Wildman–Crippen MR) is 119 cm³/mol. The molecule has 0 unspecified atom stereocenters. The summed E-state index contributed by atoms with van der Waals surface area (Å²) in [6.45, 7) is 2.38. The number of benzene rings is 2. The number of sulfonamides is 1. The molecular weight excluding hydrogens is 418 g/mol. The Morgan fingerprint density at radius 1 is 1.13 bits per heavy atom. The molecule has 1 heterocycles. The number of hydrogen-bond acceptors (Lipinski definition) is 6. The third-order valence-corrected chi connectivity index (χ3v) is 6.31. The molecule has 8 nitrogen and oxygen atoms in total. The number of nitrogens with one attached hydrogen (secondary N) is 2. The van der Waals surface area contributed by atoms with E-state index in [1.54, 1.807) is 32.4 Å². The zero-order valence-electron chi connectivity index (χ0n) is 17.8. The van der Waals surface area contributed by atoms with Gasteiger partial charge in [-0.05, 0) is 42.2 Å². The molecule has 1 amide bonds. The second kappa shape index (κ2) is 9.82. The van der Waals surface area contributed by atoms with Crippen LogP contribution in [0, 0.1) is 5.92 Å². The fourth-order valence-corrected chi connectivity index (χ4v) is 4.59. The minimum absolute atomic E-state index is 0.0761. The van der Waals surface area contributed by atoms with Crippen LogP contribution in [0.3, 0.4) is 0 Å². The maximum Gasteiger partial charge on any atom is 0.286 e. The largest absolute Gasteiger partial charge is 0.493 e. The Kier molecular flexibility index (Phi) is 7.17. The maximum absolute atomic E-state index is 12.3. The Morgan fingerprint density at radius 3 is 2.61 bits per heavy atom. The summed E-state index contributed by atoms with van der Waals surface area (Å²) in [6, 6.07) is 12.3. The number of fused-ring (bicyclic) bond motifs is 1. The number of hydrogen-bond donors (Lipinski definition) is 2. The lowest BCUT2D eigenvalue weighted by atomic mass is 10.0. The van der Waals surface area contributed by atoms with Crippen LogP contribution < -0.4 is 20.1 Å². The molecule has 0 radical (unpaired) electrons. The van der Waals surface area contributed by atoms with Crippen LogP contribution in [0.2, 0.25) is 0 Å². The summed E-state index contributed by atoms with van der Waals surface area (Å²) in [7, 11) is -0.547. The molecule has 1 atom stereocenters. The van der Waals surface area contributed by atoms with Gasteiger partial charge in [-0.3, -0.25) is 4.79 Å². The Balaban J connectivity index is 1.49. The first kappa shape index (κ1) is 22.6. The van der Waals surface area contributed by atoms with Crippen LogP contribution in [0.25, 0.3) is 0 Å². The maximum atomic E-state index is 12.3. The van der Waals surface area contributed by atoms with E-state index in [1.165, 1.54) is 6.07 Å². The number of carbonyl (C=O) groups excluding carboxylic acids is 1. The van der Waals surface area contributed by atoms with Crippen LogP contribution in [-0.4, -0.2) is 40.9 Å². The highest BCUT2D eigenvalue weighted by Gasteiger charge is 2.25. The van der Waals surface area contributed by atoms with Crippen molar-refractivity contribution in [2.45, 2.75) is 31.1 Å². The van der Waals surface area contributed by atoms with E-state index in [4.69, 9.17) is 9.47 Å². The van der Waals surface area contributed by atoms with Crippen molar-refractivity contribution in [1.29, 1.82) is 0 Å². The molecule has 31 heavy (non-hydrogen) atoms. The van der Waals surface area contributed by atoms with Gasteiger partial charge in [0.15, 0.2) is 11.5 Å². The third kappa shape index (κ3) is 5.75. The van der Waals surface area contributed by atoms with Crippen molar-refractivity contribution in [3.8, 4) is 11.5 Å². The lowest BCUT2D eigenvalue weighted by molar-refractivity contribution is -0.121. The summed E-state index contributed by atoms with van der Waals surface area (Å²) in [5.41, 5.74) is 1.54. The van der Waals surface area contributed by atoms with Gasteiger partial charge in [0.25, 0.3) is 10.0 Å². The Labute approximate surface area is 182 Å². The molecule has 1 aliphatic rings. The van der Waals surface area contributed by atoms with Crippen molar-refractivity contribution in [3.63, 3.8) is 0 Å². The van der Waals surface area contributed by atoms with E-state index in [9.17, 15) is 13.2 Å². The first-order valence-electron chi connectivity index (χ1n) is 10.00. The predicted octanol–water partition coefficient (Wildman–Crippen LogP) is 2.99. The Hall–Kier alpha value is -3.07. The average molecular weight is 446 g/mol. The third-order valence-electron chi connectivity index (χ3n) is 4.93. The Bertz CT molecular complexity index is 1080. The molecular formula is C22H27N3O5S. The second-order valence-electron chi connectivity index (χ2n) is 7.44. The van der Waals surface area contributed by atoms with Crippen LogP contribution in [0.5, 0.6) is 11.5 Å². The standard InChI is InChI=1S/C22H27N3O5S/c1-15(12-21-24-17-6-4-5-7-20(17)31(27,28)25-21)13-22(26)23-11-10-16-8-9-18(29-2)19(14-16)30-3/h4-9,14-15H,10-13H2,1-3H3,(H,23,26)(H,24,25)/t15-/m1/s1. The van der Waals surface area contributed by atoms with Crippen molar-refractivity contribution in [2.75, 3.05) is 26.1 Å². The number of rotatable bonds is 9. The summed E-state index contributed by atoms with van der Waals surface area (Å²) >= 11 is 0. The highest BCUT2D eigenvalue weighted by Crippen LogP contribution is 2.29. The lowest BCUT2D eigenvalue weighted by Crippen LogP contribution is -2.29. The van der Waals surface area contributed by atoms with E-state index in [0.717, 1.165) is 5.56 Å². The van der Waals surface area contributed by atoms with Gasteiger partial charge in [-0.15, -0.1) is 4.40 Å². The second-order valence-corrected chi connectivity index (χ2v) is 9.01. The van der Waals surface area contributed by atoms with Crippen molar-refractivity contribution >= 4 is 27.5 Å². The van der Waals surface area contributed by atoms with E-state index in [-0.39, 0.29) is 23.1 Å². The molecule has 0 aromatic heterocycles. The van der Waals surface area contributed by atoms with Gasteiger partial charge in [0.2, 0.25) is 5.91 Å². The number of ether oxygens (including phenoxy) is 2. The van der Waals surface area contributed by atoms with Crippen molar-refractivity contribution in [3.05, 3.63) is 48.0 Å². The molecule has 2 aromatic rings. The van der Waals surface area contributed by atoms with Gasteiger partial charge in [0.05, 0.1) is 19.9 Å². The molecule has 166 valence electrons. The van der Waals surface area contributed by atoms with E-state index in [1.807, 2.05) is 25.1 Å². The van der Waals surface area contributed by atoms with Gasteiger partial charge in [-0.2, -0.15) is 8.42 Å². The normalized spacial score (nSPS) is 15.1. The summed E-state index contributed by atoms with van der Waals surface area (Å²) in [4.78, 5) is 12.5. The summed E-state index contributed by atoms with van der Waals surface area (Å²) in [5, 5.41) is 5.97. The van der Waals surface area contributed by atoms with E-state index < -0.39 is 10.0 Å². The van der Waals surface area contributed by atoms with Gasteiger partial charge in [-0.25, -0.2) is 0 Å².